The standard InChI is InChI=1S/C17H21F3N2O2/c18-17(19,20)16(24)21-12-4-1-10(2-5-12)14-7-3-11-9-13(23)6-8-15(11)22-14/h1,4,6,11,14-15,22-23H,2-3,5,7-9H2,(H,21,24)/t11-,14?,15+/m1/s1. The monoisotopic (exact) mass is 342 g/mol. The number of aliphatic hydroxyl groups excluding tert-OH is 1. The number of carbonyl (C=O) groups is 1. The van der Waals surface area contributed by atoms with Crippen LogP contribution in [0.4, 0.5) is 13.2 Å². The molecular formula is C17H21F3N2O2. The van der Waals surface area contributed by atoms with E-state index in [1.165, 1.54) is 0 Å². The molecule has 1 saturated heterocycles. The molecule has 1 heterocycles. The van der Waals surface area contributed by atoms with Crippen molar-refractivity contribution in [3.8, 4) is 0 Å². The van der Waals surface area contributed by atoms with Gasteiger partial charge in [-0.1, -0.05) is 11.6 Å². The van der Waals surface area contributed by atoms with Crippen molar-refractivity contribution in [2.45, 2.75) is 56.8 Å². The van der Waals surface area contributed by atoms with Crippen LogP contribution in [0.5, 0.6) is 0 Å². The highest BCUT2D eigenvalue weighted by molar-refractivity contribution is 5.83. The summed E-state index contributed by atoms with van der Waals surface area (Å²) in [4.78, 5) is 11.0. The SMILES string of the molecule is O=C(NC1=CC=C(C2CC[C@@H]3CC(O)=CC[C@@H]3N2)CC1)C(F)(F)F. The Kier molecular flexibility index (Phi) is 4.71. The second-order valence-corrected chi connectivity index (χ2v) is 6.68. The number of allylic oxidation sites excluding steroid dienone is 4. The number of nitrogens with one attached hydrogen (secondary N) is 2. The Labute approximate surface area is 138 Å². The minimum atomic E-state index is -4.86. The van der Waals surface area contributed by atoms with Crippen molar-refractivity contribution in [3.63, 3.8) is 0 Å². The number of hydrogen-bond acceptors (Lipinski definition) is 3. The first kappa shape index (κ1) is 17.1. The molecule has 0 spiro atoms. The van der Waals surface area contributed by atoms with Crippen LogP contribution in [0.2, 0.25) is 0 Å². The summed E-state index contributed by atoms with van der Waals surface area (Å²) in [5.41, 5.74) is 1.47. The van der Waals surface area contributed by atoms with Crippen LogP contribution < -0.4 is 10.6 Å². The fraction of sp³-hybridized carbons (Fsp3) is 0.588. The van der Waals surface area contributed by atoms with E-state index in [4.69, 9.17) is 0 Å². The molecule has 132 valence electrons. The van der Waals surface area contributed by atoms with Crippen molar-refractivity contribution in [2.75, 3.05) is 0 Å². The van der Waals surface area contributed by atoms with Gasteiger partial charge in [-0.25, -0.2) is 0 Å². The zero-order valence-corrected chi connectivity index (χ0v) is 13.2. The first-order valence-corrected chi connectivity index (χ1v) is 8.25. The van der Waals surface area contributed by atoms with Gasteiger partial charge in [-0.15, -0.1) is 0 Å². The maximum atomic E-state index is 12.3. The molecular weight excluding hydrogens is 321 g/mol. The van der Waals surface area contributed by atoms with Gasteiger partial charge >= 0.3 is 12.1 Å². The maximum Gasteiger partial charge on any atom is 0.471 e. The van der Waals surface area contributed by atoms with E-state index in [1.807, 2.05) is 17.5 Å². The van der Waals surface area contributed by atoms with Crippen molar-refractivity contribution in [1.82, 2.24) is 10.6 Å². The molecule has 0 aromatic carbocycles. The normalized spacial score (nSPS) is 30.6. The number of fused-ring (bicyclic) bond motifs is 1. The highest BCUT2D eigenvalue weighted by Crippen LogP contribution is 2.34. The van der Waals surface area contributed by atoms with Crippen molar-refractivity contribution < 1.29 is 23.1 Å². The first-order valence-electron chi connectivity index (χ1n) is 8.25. The summed E-state index contributed by atoms with van der Waals surface area (Å²) in [6.45, 7) is 0. The van der Waals surface area contributed by atoms with Crippen LogP contribution >= 0.6 is 0 Å². The lowest BCUT2D eigenvalue weighted by Gasteiger charge is -2.40. The highest BCUT2D eigenvalue weighted by Gasteiger charge is 2.39. The summed E-state index contributed by atoms with van der Waals surface area (Å²) in [7, 11) is 0. The fourth-order valence-corrected chi connectivity index (χ4v) is 3.74. The van der Waals surface area contributed by atoms with Crippen molar-refractivity contribution in [2.24, 2.45) is 5.92 Å². The minimum Gasteiger partial charge on any atom is -0.513 e. The highest BCUT2D eigenvalue weighted by atomic mass is 19.4. The summed E-state index contributed by atoms with van der Waals surface area (Å²) < 4.78 is 36.8. The summed E-state index contributed by atoms with van der Waals surface area (Å²) in [6, 6.07) is 0.562. The third-order valence-electron chi connectivity index (χ3n) is 5.05. The van der Waals surface area contributed by atoms with Gasteiger partial charge in [0.1, 0.15) is 0 Å². The zero-order chi connectivity index (χ0) is 17.3. The number of halogens is 3. The maximum absolute atomic E-state index is 12.3. The Bertz CT molecular complexity index is 607. The molecule has 1 unspecified atom stereocenters. The molecule has 1 fully saturated rings. The number of amides is 1. The fourth-order valence-electron chi connectivity index (χ4n) is 3.74. The zero-order valence-electron chi connectivity index (χ0n) is 13.2. The van der Waals surface area contributed by atoms with Crippen LogP contribution in [-0.2, 0) is 4.79 Å². The van der Waals surface area contributed by atoms with E-state index in [2.05, 4.69) is 5.32 Å². The number of carbonyl (C=O) groups excluding carboxylic acids is 1. The number of alkyl halides is 3. The van der Waals surface area contributed by atoms with Crippen molar-refractivity contribution in [1.29, 1.82) is 0 Å². The average Bonchev–Trinajstić information content (AvgIpc) is 2.54. The predicted molar refractivity (Wildman–Crippen MR) is 83.0 cm³/mol. The second kappa shape index (κ2) is 6.63. The molecule has 3 N–H and O–H groups in total. The van der Waals surface area contributed by atoms with Gasteiger partial charge in [0.25, 0.3) is 0 Å². The lowest BCUT2D eigenvalue weighted by Crippen LogP contribution is -2.49. The van der Waals surface area contributed by atoms with Gasteiger partial charge in [0.2, 0.25) is 0 Å². The Morgan fingerprint density at radius 3 is 2.71 bits per heavy atom. The van der Waals surface area contributed by atoms with E-state index >= 15 is 0 Å². The van der Waals surface area contributed by atoms with E-state index in [9.17, 15) is 23.1 Å². The summed E-state index contributed by atoms with van der Waals surface area (Å²) in [5.74, 6) is -0.994. The van der Waals surface area contributed by atoms with Crippen LogP contribution in [0.25, 0.3) is 0 Å². The molecule has 4 nitrogen and oxygen atoms in total. The van der Waals surface area contributed by atoms with Gasteiger partial charge < -0.3 is 15.7 Å². The summed E-state index contributed by atoms with van der Waals surface area (Å²) in [5, 5.41) is 15.2. The van der Waals surface area contributed by atoms with Crippen LogP contribution in [-0.4, -0.2) is 29.3 Å². The van der Waals surface area contributed by atoms with Gasteiger partial charge in [0, 0.05) is 24.2 Å². The lowest BCUT2D eigenvalue weighted by molar-refractivity contribution is -0.172. The van der Waals surface area contributed by atoms with Gasteiger partial charge in [0.05, 0.1) is 5.76 Å². The van der Waals surface area contributed by atoms with Gasteiger partial charge in [-0.3, -0.25) is 4.79 Å². The molecule has 3 atom stereocenters. The molecule has 1 amide bonds. The molecule has 7 heteroatoms. The smallest absolute Gasteiger partial charge is 0.471 e. The van der Waals surface area contributed by atoms with Crippen LogP contribution in [0.1, 0.15) is 38.5 Å². The number of piperidine rings is 1. The van der Waals surface area contributed by atoms with E-state index < -0.39 is 12.1 Å². The third kappa shape index (κ3) is 3.83. The molecule has 3 rings (SSSR count). The molecule has 0 aromatic rings. The van der Waals surface area contributed by atoms with Crippen molar-refractivity contribution in [3.05, 3.63) is 35.3 Å². The largest absolute Gasteiger partial charge is 0.513 e. The van der Waals surface area contributed by atoms with Gasteiger partial charge in [0.15, 0.2) is 0 Å². The minimum absolute atomic E-state index is 0.219. The topological polar surface area (TPSA) is 61.4 Å². The van der Waals surface area contributed by atoms with Crippen LogP contribution in [0.15, 0.2) is 35.3 Å². The Morgan fingerprint density at radius 2 is 2.04 bits per heavy atom. The Balaban J connectivity index is 1.60. The number of aliphatic hydroxyl groups is 1. The molecule has 1 aliphatic heterocycles. The lowest BCUT2D eigenvalue weighted by atomic mass is 9.78. The quantitative estimate of drug-likeness (QED) is 0.722. The summed E-state index contributed by atoms with van der Waals surface area (Å²) in [6.07, 6.45) is 4.95. The first-order chi connectivity index (χ1) is 11.3. The molecule has 0 radical (unpaired) electrons. The molecule has 0 bridgehead atoms. The van der Waals surface area contributed by atoms with Crippen LogP contribution in [0, 0.1) is 5.92 Å². The van der Waals surface area contributed by atoms with E-state index in [0.29, 0.717) is 36.3 Å². The van der Waals surface area contributed by atoms with Crippen molar-refractivity contribution >= 4 is 5.91 Å². The molecule has 2 aliphatic carbocycles. The Hall–Kier alpha value is -1.76. The number of rotatable bonds is 2. The third-order valence-corrected chi connectivity index (χ3v) is 5.05. The van der Waals surface area contributed by atoms with E-state index in [0.717, 1.165) is 31.3 Å². The predicted octanol–water partition coefficient (Wildman–Crippen LogP) is 3.24. The second-order valence-electron chi connectivity index (χ2n) is 6.68. The molecule has 0 saturated carbocycles. The molecule has 3 aliphatic rings. The molecule has 24 heavy (non-hydrogen) atoms. The summed E-state index contributed by atoms with van der Waals surface area (Å²) >= 11 is 0. The van der Waals surface area contributed by atoms with Crippen LogP contribution in [0.3, 0.4) is 0 Å². The average molecular weight is 342 g/mol. The van der Waals surface area contributed by atoms with Gasteiger partial charge in [-0.2, -0.15) is 13.2 Å². The molecule has 0 aromatic heterocycles. The Morgan fingerprint density at radius 1 is 1.25 bits per heavy atom. The van der Waals surface area contributed by atoms with Gasteiger partial charge in [-0.05, 0) is 50.2 Å². The number of hydrogen-bond donors (Lipinski definition) is 3. The van der Waals surface area contributed by atoms with E-state index in [1.54, 1.807) is 6.08 Å². The van der Waals surface area contributed by atoms with E-state index in [-0.39, 0.29) is 6.04 Å².